The molecule has 76 heavy (non-hydrogen) atoms. The molecule has 0 aromatic heterocycles. The summed E-state index contributed by atoms with van der Waals surface area (Å²) in [5.41, 5.74) is 8.23. The molecule has 2 unspecified atom stereocenters. The van der Waals surface area contributed by atoms with Gasteiger partial charge in [0.25, 0.3) is 0 Å². The molecule has 3 aliphatic heterocycles. The fourth-order valence-corrected chi connectivity index (χ4v) is 9.34. The first-order chi connectivity index (χ1) is 36.8. The summed E-state index contributed by atoms with van der Waals surface area (Å²) < 4.78 is 29.6. The predicted molar refractivity (Wildman–Crippen MR) is 322 cm³/mol. The van der Waals surface area contributed by atoms with Crippen molar-refractivity contribution in [2.45, 2.75) is 38.5 Å². The van der Waals surface area contributed by atoms with E-state index in [-0.39, 0.29) is 49.0 Å². The maximum atomic E-state index is 11.7. The molecule has 7 aromatic carbocycles. The monoisotopic (exact) mass is 1400 g/mol. The largest absolute Gasteiger partial charge is 0.478 e. The van der Waals surface area contributed by atoms with Crippen LogP contribution < -0.4 is 0 Å². The molecule has 11 nitrogen and oxygen atoms in total. The number of fused-ring (bicyclic) bond motifs is 3. The van der Waals surface area contributed by atoms with Gasteiger partial charge in [0.05, 0.1) is 27.8 Å². The molecule has 7 aromatic rings. The molecular weight excluding hydrogens is 1360 g/mol. The normalized spacial score (nSPS) is 13.4. The van der Waals surface area contributed by atoms with Gasteiger partial charge in [0.2, 0.25) is 0 Å². The number of carboxylic acid groups (broad SMARTS) is 2. The number of esters is 3. The zero-order valence-corrected chi connectivity index (χ0v) is 48.7. The van der Waals surface area contributed by atoms with E-state index < -0.39 is 11.9 Å². The number of cyclic esters (lactones) is 3. The maximum Gasteiger partial charge on any atom is 0.340 e. The zero-order chi connectivity index (χ0) is 57.2. The van der Waals surface area contributed by atoms with Crippen LogP contribution in [0.1, 0.15) is 125 Å². The lowest BCUT2D eigenvalue weighted by Gasteiger charge is -2.10. The third kappa shape index (κ3) is 19.3. The number of alkyl halides is 1. The van der Waals surface area contributed by atoms with Crippen LogP contribution in [0, 0.1) is 12.3 Å². The van der Waals surface area contributed by atoms with Crippen molar-refractivity contribution in [2.75, 3.05) is 0 Å². The third-order valence-corrected chi connectivity index (χ3v) is 13.2. The number of carboxylic acids is 2. The number of hydrogen-bond acceptors (Lipinski definition) is 9. The summed E-state index contributed by atoms with van der Waals surface area (Å²) in [6.07, 6.45) is 5.46. The molecule has 0 spiro atoms. The van der Waals surface area contributed by atoms with Crippen molar-refractivity contribution in [1.29, 1.82) is 0 Å². The molecule has 10 rings (SSSR count). The summed E-state index contributed by atoms with van der Waals surface area (Å²) in [7, 11) is 10.0. The number of carbonyl (C=O) groups is 6. The van der Waals surface area contributed by atoms with Crippen molar-refractivity contribution < 1.29 is 57.6 Å². The van der Waals surface area contributed by atoms with Gasteiger partial charge in [0.15, 0.2) is 17.4 Å². The highest BCUT2D eigenvalue weighted by atomic mass is 79.9. The number of aromatic carboxylic acids is 2. The van der Waals surface area contributed by atoms with E-state index in [1.54, 1.807) is 43.3 Å². The third-order valence-electron chi connectivity index (χ3n) is 10.1. The Morgan fingerprint density at radius 2 is 1.12 bits per heavy atom. The van der Waals surface area contributed by atoms with Crippen LogP contribution in [0.5, 0.6) is 0 Å². The smallest absolute Gasteiger partial charge is 0.340 e. The standard InChI is InChI=1S/C14H9BrO2.C14H11BrO2.C8H4Br2O2.C8H5BrO3.C8H5BrO2.C3H4.CH4.B3.2H2/c15-10-6-7-11-12(8-10)13(17-14(11)16)9-4-2-1-3-5-9;15-12-6-7-13(14(16)17)11(9-12)8-10-4-2-1-3-5-10;9-4-1-2-5-6(3-4)7(10)12-8(5)11;9-6-1-2-7(8(11)12)5(3-6)4-10;9-6-1-2-7-5(3-6)4-11-8(7)10;1-3-2;;1-3-2;;/h1-8,13H;1-7,9H,8H2,(H,16,17);1-3,7H;1-4H,(H,11,12);1-3H,4H2;1H,2H3;1H4;;2*1H/i;;;;;;;;1+1D;1+1. The Balaban J connectivity index is 0.000000479. The van der Waals surface area contributed by atoms with Gasteiger partial charge in [-0.05, 0) is 137 Å². The summed E-state index contributed by atoms with van der Waals surface area (Å²) in [6.45, 7) is 2.06. The SMILES string of the molecule is C.C#CC.O=C(O)c1ccc(Br)cc1Cc1ccccc1.O=C1OC(Br)c2cc(Br)ccc21.O=C1OC(c2ccccc2)c2cc(Br)ccc21.O=C1OCc2cc(Br)ccc21.O=Cc1cc(Br)ccc1C(=O)O.[2HH].[2H][2H].[B][B][B]. The second-order valence-electron chi connectivity index (χ2n) is 15.2. The van der Waals surface area contributed by atoms with Gasteiger partial charge in [-0.3, -0.25) is 4.79 Å². The number of hydrogen-bond donors (Lipinski definition) is 2. The molecule has 0 saturated heterocycles. The van der Waals surface area contributed by atoms with E-state index in [1.165, 1.54) is 12.1 Å². The van der Waals surface area contributed by atoms with Crippen molar-refractivity contribution in [2.24, 2.45) is 0 Å². The second kappa shape index (κ2) is 32.7. The van der Waals surface area contributed by atoms with Crippen LogP contribution in [0.15, 0.2) is 174 Å². The predicted octanol–water partition coefficient (Wildman–Crippen LogP) is 15.2. The van der Waals surface area contributed by atoms with Gasteiger partial charge in [-0.2, -0.15) is 0 Å². The minimum atomic E-state index is -1.09. The van der Waals surface area contributed by atoms with E-state index in [2.05, 4.69) is 123 Å². The molecule has 20 heteroatoms. The Kier molecular flexibility index (Phi) is 27.0. The Labute approximate surface area is 499 Å². The van der Waals surface area contributed by atoms with E-state index in [9.17, 15) is 28.8 Å². The van der Waals surface area contributed by atoms with Gasteiger partial charge in [0.1, 0.15) is 6.61 Å². The van der Waals surface area contributed by atoms with E-state index in [0.717, 1.165) is 58.3 Å². The fraction of sp³-hybridized carbons (Fsp3) is 0.107. The number of aldehydes is 1. The zero-order valence-electron chi connectivity index (χ0n) is 41.2. The van der Waals surface area contributed by atoms with Crippen LogP contribution in [0.4, 0.5) is 0 Å². The minimum Gasteiger partial charge on any atom is -0.478 e. The molecule has 3 heterocycles. The van der Waals surface area contributed by atoms with Crippen molar-refractivity contribution in [3.05, 3.63) is 241 Å². The molecule has 2 N–H and O–H groups in total. The lowest BCUT2D eigenvalue weighted by atomic mass is 9.40. The van der Waals surface area contributed by atoms with E-state index in [1.807, 2.05) is 103 Å². The van der Waals surface area contributed by atoms with E-state index in [0.29, 0.717) is 46.0 Å². The first-order valence-corrected chi connectivity index (χ1v) is 26.6. The lowest BCUT2D eigenvalue weighted by Crippen LogP contribution is -2.03. The van der Waals surface area contributed by atoms with E-state index >= 15 is 0 Å². The lowest BCUT2D eigenvalue weighted by molar-refractivity contribution is 0.0453. The van der Waals surface area contributed by atoms with Crippen molar-refractivity contribution in [3.8, 4) is 12.3 Å². The van der Waals surface area contributed by atoms with Crippen LogP contribution in [0.25, 0.3) is 0 Å². The van der Waals surface area contributed by atoms with E-state index in [4.69, 9.17) is 27.4 Å². The first-order valence-electron chi connectivity index (χ1n) is 22.7. The maximum absolute atomic E-state index is 11.7. The average Bonchev–Trinajstić information content (AvgIpc) is 4.05. The number of carbonyl (C=O) groups excluding carboxylic acids is 4. The Morgan fingerprint density at radius 1 is 0.671 bits per heavy atom. The second-order valence-corrected chi connectivity index (χ2v) is 20.6. The number of rotatable bonds is 6. The quantitative estimate of drug-likeness (QED) is 0.0406. The van der Waals surface area contributed by atoms with Crippen molar-refractivity contribution >= 4 is 154 Å². The van der Waals surface area contributed by atoms with Gasteiger partial charge in [-0.1, -0.05) is 148 Å². The van der Waals surface area contributed by atoms with Crippen LogP contribution >= 0.6 is 95.6 Å². The number of terminal acetylenes is 1. The highest BCUT2D eigenvalue weighted by Gasteiger charge is 2.32. The molecule has 0 bridgehead atoms. The van der Waals surface area contributed by atoms with Gasteiger partial charge in [-0.25, -0.2) is 24.0 Å². The van der Waals surface area contributed by atoms with Gasteiger partial charge >= 0.3 is 29.8 Å². The topological polar surface area (TPSA) is 171 Å². The summed E-state index contributed by atoms with van der Waals surface area (Å²) in [4.78, 5) is 65.8. The number of halogens is 6. The molecule has 0 amide bonds. The highest BCUT2D eigenvalue weighted by molar-refractivity contribution is 9.11. The number of benzene rings is 7. The Morgan fingerprint density at radius 3 is 1.67 bits per heavy atom. The Hall–Kier alpha value is -5.81. The van der Waals surface area contributed by atoms with Gasteiger partial charge in [-0.15, -0.1) is 12.3 Å². The first kappa shape index (κ1) is 62.7. The van der Waals surface area contributed by atoms with Gasteiger partial charge < -0.3 is 24.4 Å². The van der Waals surface area contributed by atoms with Crippen LogP contribution in [0.2, 0.25) is 0 Å². The highest BCUT2D eigenvalue weighted by Crippen LogP contribution is 2.38. The molecule has 2 atom stereocenters. The summed E-state index contributed by atoms with van der Waals surface area (Å²) in [5, 5.41) is 17.4. The van der Waals surface area contributed by atoms with Crippen LogP contribution in [-0.2, 0) is 27.2 Å². The minimum absolute atomic E-state index is 0. The average molecular weight is 1410 g/mol. The van der Waals surface area contributed by atoms with Crippen LogP contribution in [-0.4, -0.2) is 68.9 Å². The van der Waals surface area contributed by atoms with Crippen molar-refractivity contribution in [1.82, 2.24) is 0 Å². The Bertz CT molecular complexity index is 3210. The number of ether oxygens (including phenoxy) is 3. The summed E-state index contributed by atoms with van der Waals surface area (Å²) in [5.74, 6) is -0.457. The van der Waals surface area contributed by atoms with Crippen molar-refractivity contribution in [3.63, 3.8) is 0 Å². The summed E-state index contributed by atoms with van der Waals surface area (Å²) in [6, 6.07) is 45.8. The molecule has 0 saturated carbocycles. The van der Waals surface area contributed by atoms with Gasteiger partial charge in [0, 0.05) is 71.5 Å². The fourth-order valence-electron chi connectivity index (χ4n) is 6.83. The molecule has 3 aliphatic rings. The van der Waals surface area contributed by atoms with Crippen LogP contribution in [0.3, 0.4) is 0 Å². The molecule has 0 fully saturated rings. The molecular formula is C56H46B3Br6O11. The molecule has 0 aliphatic carbocycles. The molecule has 387 valence electrons. The summed E-state index contributed by atoms with van der Waals surface area (Å²) >= 11 is 19.8. The molecule has 5 radical (unpaired) electrons.